The van der Waals surface area contributed by atoms with Gasteiger partial charge >= 0.3 is 0 Å². The number of aryl methyl sites for hydroxylation is 1. The number of hydrogen-bond acceptors (Lipinski definition) is 4. The molecule has 0 aromatic heterocycles. The van der Waals surface area contributed by atoms with Crippen molar-refractivity contribution in [1.82, 2.24) is 10.2 Å². The second-order valence-electron chi connectivity index (χ2n) is 10.9. The van der Waals surface area contributed by atoms with E-state index >= 15 is 0 Å². The van der Waals surface area contributed by atoms with Gasteiger partial charge in [0.1, 0.15) is 17.7 Å². The Bertz CT molecular complexity index is 1510. The molecular formula is C32H32Cl2FN3O4. The second-order valence-corrected chi connectivity index (χ2v) is 11.8. The van der Waals surface area contributed by atoms with Crippen molar-refractivity contribution >= 4 is 47.1 Å². The number of anilines is 1. The number of nitrogens with zero attached hydrogens (tertiary/aromatic N) is 1. The lowest BCUT2D eigenvalue weighted by Gasteiger charge is -2.41. The zero-order valence-corrected chi connectivity index (χ0v) is 24.8. The Hall–Kier alpha value is -3.62. The summed E-state index contributed by atoms with van der Waals surface area (Å²) in [6, 6.07) is 14.5. The Morgan fingerprint density at radius 2 is 1.74 bits per heavy atom. The van der Waals surface area contributed by atoms with Gasteiger partial charge in [0.05, 0.1) is 6.04 Å². The fourth-order valence-corrected chi connectivity index (χ4v) is 6.54. The third-order valence-electron chi connectivity index (χ3n) is 8.23. The van der Waals surface area contributed by atoms with Crippen LogP contribution in [0.3, 0.4) is 0 Å². The quantitative estimate of drug-likeness (QED) is 0.297. The molecule has 0 aliphatic carbocycles. The van der Waals surface area contributed by atoms with E-state index in [-0.39, 0.29) is 24.3 Å². The molecule has 5 rings (SSSR count). The molecule has 0 spiro atoms. The van der Waals surface area contributed by atoms with Crippen LogP contribution in [0.1, 0.15) is 66.3 Å². The van der Waals surface area contributed by atoms with E-state index in [0.29, 0.717) is 59.4 Å². The molecular weight excluding hydrogens is 580 g/mol. The van der Waals surface area contributed by atoms with Crippen LogP contribution in [-0.2, 0) is 14.4 Å². The highest BCUT2D eigenvalue weighted by atomic mass is 35.5. The van der Waals surface area contributed by atoms with Crippen LogP contribution >= 0.6 is 23.2 Å². The van der Waals surface area contributed by atoms with Crippen LogP contribution in [-0.4, -0.2) is 42.3 Å². The minimum absolute atomic E-state index is 0.0399. The van der Waals surface area contributed by atoms with E-state index in [4.69, 9.17) is 27.9 Å². The van der Waals surface area contributed by atoms with Gasteiger partial charge in [0, 0.05) is 66.8 Å². The topological polar surface area (TPSA) is 87.7 Å². The predicted octanol–water partition coefficient (Wildman–Crippen LogP) is 6.53. The molecule has 0 radical (unpaired) electrons. The first-order chi connectivity index (χ1) is 20.1. The smallest absolute Gasteiger partial charge is 0.221 e. The number of likely N-dealkylation sites (tertiary alicyclic amines) is 1. The maximum Gasteiger partial charge on any atom is 0.221 e. The minimum Gasteiger partial charge on any atom is -0.490 e. The van der Waals surface area contributed by atoms with Crippen molar-refractivity contribution in [1.29, 1.82) is 0 Å². The maximum absolute atomic E-state index is 14.6. The largest absolute Gasteiger partial charge is 0.490 e. The van der Waals surface area contributed by atoms with E-state index < -0.39 is 23.7 Å². The summed E-state index contributed by atoms with van der Waals surface area (Å²) in [5.41, 5.74) is 3.40. The van der Waals surface area contributed by atoms with E-state index in [0.717, 1.165) is 16.7 Å². The molecule has 2 heterocycles. The van der Waals surface area contributed by atoms with Crippen molar-refractivity contribution in [3.8, 4) is 5.75 Å². The predicted molar refractivity (Wildman–Crippen MR) is 161 cm³/mol. The summed E-state index contributed by atoms with van der Waals surface area (Å²) >= 11 is 12.9. The summed E-state index contributed by atoms with van der Waals surface area (Å²) in [7, 11) is 0. The molecule has 2 aliphatic heterocycles. The zero-order valence-electron chi connectivity index (χ0n) is 23.3. The molecule has 10 heteroatoms. The molecule has 0 bridgehead atoms. The summed E-state index contributed by atoms with van der Waals surface area (Å²) in [5, 5.41) is 6.77. The third kappa shape index (κ3) is 6.40. The highest BCUT2D eigenvalue weighted by Gasteiger charge is 2.42. The van der Waals surface area contributed by atoms with Crippen LogP contribution in [0, 0.1) is 12.7 Å². The number of halogens is 3. The molecule has 2 saturated heterocycles. The number of hydrogen-bond donors (Lipinski definition) is 2. The monoisotopic (exact) mass is 611 g/mol. The lowest BCUT2D eigenvalue weighted by atomic mass is 9.70. The molecule has 7 nitrogen and oxygen atoms in total. The molecule has 2 aliphatic rings. The summed E-state index contributed by atoms with van der Waals surface area (Å²) in [6.45, 7) is 4.64. The second kappa shape index (κ2) is 12.7. The average Bonchev–Trinajstić information content (AvgIpc) is 2.96. The Balaban J connectivity index is 1.63. The summed E-state index contributed by atoms with van der Waals surface area (Å²) in [4.78, 5) is 38.6. The number of rotatable bonds is 7. The van der Waals surface area contributed by atoms with Crippen LogP contribution in [0.25, 0.3) is 0 Å². The fourth-order valence-electron chi connectivity index (χ4n) is 6.19. The van der Waals surface area contributed by atoms with Crippen LogP contribution in [0.15, 0.2) is 54.6 Å². The van der Waals surface area contributed by atoms with E-state index in [1.807, 2.05) is 25.1 Å². The first-order valence-corrected chi connectivity index (χ1v) is 14.7. The summed E-state index contributed by atoms with van der Waals surface area (Å²) in [5.74, 6) is -0.896. The summed E-state index contributed by atoms with van der Waals surface area (Å²) in [6.07, 6.45) is 1.91. The van der Waals surface area contributed by atoms with Gasteiger partial charge in [-0.15, -0.1) is 0 Å². The molecule has 3 amide bonds. The number of amides is 3. The van der Waals surface area contributed by atoms with Gasteiger partial charge in [0.15, 0.2) is 0 Å². The van der Waals surface area contributed by atoms with Gasteiger partial charge in [-0.3, -0.25) is 14.4 Å². The number of benzene rings is 3. The average molecular weight is 613 g/mol. The first-order valence-electron chi connectivity index (χ1n) is 13.9. The van der Waals surface area contributed by atoms with E-state index in [9.17, 15) is 18.8 Å². The van der Waals surface area contributed by atoms with Gasteiger partial charge in [-0.1, -0.05) is 35.3 Å². The highest BCUT2D eigenvalue weighted by Crippen LogP contribution is 2.52. The molecule has 2 N–H and O–H groups in total. The van der Waals surface area contributed by atoms with Crippen LogP contribution in [0.4, 0.5) is 10.1 Å². The van der Waals surface area contributed by atoms with E-state index in [1.54, 1.807) is 36.1 Å². The molecule has 3 unspecified atom stereocenters. The minimum atomic E-state index is -0.633. The number of carbonyl (C=O) groups is 3. The third-order valence-corrected chi connectivity index (χ3v) is 8.70. The van der Waals surface area contributed by atoms with Crippen LogP contribution < -0.4 is 15.4 Å². The van der Waals surface area contributed by atoms with Gasteiger partial charge < -0.3 is 20.3 Å². The lowest BCUT2D eigenvalue weighted by molar-refractivity contribution is -0.130. The van der Waals surface area contributed by atoms with Crippen LogP contribution in [0.5, 0.6) is 5.75 Å². The van der Waals surface area contributed by atoms with E-state index in [2.05, 4.69) is 10.6 Å². The fraction of sp³-hybridized carbons (Fsp3) is 0.344. The molecule has 3 aromatic rings. The molecule has 3 aromatic carbocycles. The van der Waals surface area contributed by atoms with Crippen LogP contribution in [0.2, 0.25) is 10.0 Å². The standard InChI is InChI=1S/C32H32Cl2FN3O4/c1-18-3-6-22(35)15-25(18)32-31(24-7-4-21(34)14-28(24)36-17-39)27(16-30(41)37-32)26-13-20(33)5-8-29(26)42-23-9-11-38(12-10-23)19(2)40/h3-8,13-15,17,23,27,31-32H,9-12,16H2,1-2H3,(H,36,39)(H,37,41). The van der Waals surface area contributed by atoms with Gasteiger partial charge in [-0.25, -0.2) is 4.39 Å². The van der Waals surface area contributed by atoms with Crippen molar-refractivity contribution in [2.75, 3.05) is 18.4 Å². The Morgan fingerprint density at radius 3 is 2.45 bits per heavy atom. The number of piperidine rings is 2. The molecule has 220 valence electrons. The molecule has 2 fully saturated rings. The van der Waals surface area contributed by atoms with Crippen molar-refractivity contribution < 1.29 is 23.5 Å². The van der Waals surface area contributed by atoms with Crippen molar-refractivity contribution in [2.45, 2.75) is 57.1 Å². The summed E-state index contributed by atoms with van der Waals surface area (Å²) < 4.78 is 21.1. The number of carbonyl (C=O) groups excluding carboxylic acids is 3. The highest BCUT2D eigenvalue weighted by molar-refractivity contribution is 6.31. The Kier molecular flexibility index (Phi) is 9.04. The van der Waals surface area contributed by atoms with Gasteiger partial charge in [0.25, 0.3) is 0 Å². The Morgan fingerprint density at radius 1 is 1.02 bits per heavy atom. The lowest BCUT2D eigenvalue weighted by Crippen LogP contribution is -2.42. The molecule has 3 atom stereocenters. The van der Waals surface area contributed by atoms with Crippen molar-refractivity contribution in [3.05, 3.63) is 92.7 Å². The normalized spacial score (nSPS) is 21.0. The van der Waals surface area contributed by atoms with Gasteiger partial charge in [-0.2, -0.15) is 0 Å². The van der Waals surface area contributed by atoms with Crippen molar-refractivity contribution in [2.24, 2.45) is 0 Å². The number of ether oxygens (including phenoxy) is 1. The van der Waals surface area contributed by atoms with Gasteiger partial charge in [-0.05, 0) is 71.6 Å². The van der Waals surface area contributed by atoms with E-state index in [1.165, 1.54) is 12.1 Å². The molecule has 0 saturated carbocycles. The first kappa shape index (κ1) is 29.9. The maximum atomic E-state index is 14.6. The molecule has 42 heavy (non-hydrogen) atoms. The number of nitrogens with one attached hydrogen (secondary N) is 2. The zero-order chi connectivity index (χ0) is 30.0. The Labute approximate surface area is 254 Å². The SMILES string of the molecule is CC(=O)N1CCC(Oc2ccc(Cl)cc2C2CC(=O)NC(c3cc(F)ccc3C)C2c2ccc(Cl)cc2NC=O)CC1. The van der Waals surface area contributed by atoms with Gasteiger partial charge in [0.2, 0.25) is 18.2 Å². The van der Waals surface area contributed by atoms with Crippen molar-refractivity contribution in [3.63, 3.8) is 0 Å².